The normalized spacial score (nSPS) is 11.5. The molecule has 0 unspecified atom stereocenters. The largest absolute Gasteiger partial charge is 0.396 e. The highest BCUT2D eigenvalue weighted by molar-refractivity contribution is 4.75. The Morgan fingerprint density at radius 3 is 2.60 bits per heavy atom. The summed E-state index contributed by atoms with van der Waals surface area (Å²) in [5, 5.41) is 12.0. The van der Waals surface area contributed by atoms with Crippen molar-refractivity contribution in [1.82, 2.24) is 5.32 Å². The van der Waals surface area contributed by atoms with Gasteiger partial charge in [-0.05, 0) is 0 Å². The Balaban J connectivity index is 3.36. The Hall–Kier alpha value is -0.340. The van der Waals surface area contributed by atoms with Gasteiger partial charge in [0.1, 0.15) is 0 Å². The average Bonchev–Trinajstić information content (AvgIpc) is 1.89. The lowest BCUT2D eigenvalue weighted by atomic mass is 9.95. The lowest BCUT2D eigenvalue weighted by molar-refractivity contribution is 0.158. The topological polar surface area (TPSA) is 32.3 Å². The fraction of sp³-hybridized carbons (Fsp3) is 0.750. The van der Waals surface area contributed by atoms with Gasteiger partial charge in [0, 0.05) is 25.1 Å². The third kappa shape index (κ3) is 4.53. The fourth-order valence-electron chi connectivity index (χ4n) is 0.569. The molecule has 0 spiro atoms. The first-order valence-electron chi connectivity index (χ1n) is 3.55. The van der Waals surface area contributed by atoms with Gasteiger partial charge in [-0.2, -0.15) is 0 Å². The molecular formula is C8H17NO. The van der Waals surface area contributed by atoms with Gasteiger partial charge in [-0.1, -0.05) is 19.9 Å². The molecule has 2 heteroatoms. The maximum atomic E-state index is 8.83. The zero-order valence-corrected chi connectivity index (χ0v) is 6.85. The third-order valence-corrected chi connectivity index (χ3v) is 1.32. The molecule has 0 radical (unpaired) electrons. The zero-order valence-electron chi connectivity index (χ0n) is 6.85. The van der Waals surface area contributed by atoms with Gasteiger partial charge in [0.05, 0.1) is 0 Å². The summed E-state index contributed by atoms with van der Waals surface area (Å²) in [4.78, 5) is 0. The first-order valence-corrected chi connectivity index (χ1v) is 3.55. The van der Waals surface area contributed by atoms with Gasteiger partial charge in [0.15, 0.2) is 0 Å². The number of nitrogens with one attached hydrogen (secondary N) is 1. The van der Waals surface area contributed by atoms with Crippen molar-refractivity contribution >= 4 is 0 Å². The molecule has 0 saturated heterocycles. The number of hydrogen-bond acceptors (Lipinski definition) is 2. The molecule has 2 nitrogen and oxygen atoms in total. The van der Waals surface area contributed by atoms with Crippen molar-refractivity contribution in [1.29, 1.82) is 0 Å². The van der Waals surface area contributed by atoms with Crippen LogP contribution in [-0.2, 0) is 0 Å². The van der Waals surface area contributed by atoms with Crippen LogP contribution in [0.1, 0.15) is 13.8 Å². The van der Waals surface area contributed by atoms with Crippen molar-refractivity contribution in [3.05, 3.63) is 12.7 Å². The fourth-order valence-corrected chi connectivity index (χ4v) is 0.569. The summed E-state index contributed by atoms with van der Waals surface area (Å²) >= 11 is 0. The molecule has 0 fully saturated rings. The molecule has 0 amide bonds. The monoisotopic (exact) mass is 143 g/mol. The van der Waals surface area contributed by atoms with Gasteiger partial charge >= 0.3 is 0 Å². The predicted molar refractivity (Wildman–Crippen MR) is 43.9 cm³/mol. The Labute approximate surface area is 62.9 Å². The van der Waals surface area contributed by atoms with Crippen LogP contribution in [0.3, 0.4) is 0 Å². The summed E-state index contributed by atoms with van der Waals surface area (Å²) in [6.07, 6.45) is 1.81. The minimum absolute atomic E-state index is 0.0109. The van der Waals surface area contributed by atoms with E-state index in [1.165, 1.54) is 0 Å². The van der Waals surface area contributed by atoms with Gasteiger partial charge in [0.2, 0.25) is 0 Å². The summed E-state index contributed by atoms with van der Waals surface area (Å²) in [6.45, 7) is 9.47. The highest BCUT2D eigenvalue weighted by Crippen LogP contribution is 2.10. The van der Waals surface area contributed by atoms with E-state index < -0.39 is 0 Å². The zero-order chi connectivity index (χ0) is 8.04. The molecule has 0 aliphatic carbocycles. The molecule has 0 aliphatic heterocycles. The van der Waals surface area contributed by atoms with Crippen molar-refractivity contribution < 1.29 is 5.11 Å². The smallest absolute Gasteiger partial charge is 0.0494 e. The maximum Gasteiger partial charge on any atom is 0.0494 e. The Morgan fingerprint density at radius 2 is 2.20 bits per heavy atom. The van der Waals surface area contributed by atoms with E-state index in [-0.39, 0.29) is 12.0 Å². The standard InChI is InChI=1S/C8H17NO/c1-4-5-9-6-8(2,3)7-10/h4,9-10H,1,5-7H2,2-3H3. The number of aliphatic hydroxyl groups excluding tert-OH is 1. The van der Waals surface area contributed by atoms with Gasteiger partial charge < -0.3 is 10.4 Å². The Morgan fingerprint density at radius 1 is 1.60 bits per heavy atom. The number of hydrogen-bond donors (Lipinski definition) is 2. The van der Waals surface area contributed by atoms with E-state index in [0.717, 1.165) is 13.1 Å². The van der Waals surface area contributed by atoms with Crippen LogP contribution >= 0.6 is 0 Å². The Bertz CT molecular complexity index is 99.4. The van der Waals surface area contributed by atoms with Crippen LogP contribution in [0.2, 0.25) is 0 Å². The highest BCUT2D eigenvalue weighted by atomic mass is 16.3. The van der Waals surface area contributed by atoms with E-state index in [4.69, 9.17) is 5.11 Å². The van der Waals surface area contributed by atoms with Gasteiger partial charge in [-0.15, -0.1) is 6.58 Å². The van der Waals surface area contributed by atoms with Crippen LogP contribution in [0.5, 0.6) is 0 Å². The third-order valence-electron chi connectivity index (χ3n) is 1.32. The van der Waals surface area contributed by atoms with Crippen LogP contribution < -0.4 is 5.32 Å². The minimum Gasteiger partial charge on any atom is -0.396 e. The molecule has 0 bridgehead atoms. The van der Waals surface area contributed by atoms with Crippen molar-refractivity contribution in [2.75, 3.05) is 19.7 Å². The van der Waals surface area contributed by atoms with E-state index in [2.05, 4.69) is 11.9 Å². The van der Waals surface area contributed by atoms with E-state index >= 15 is 0 Å². The molecule has 0 aromatic carbocycles. The molecule has 0 aromatic rings. The molecule has 0 atom stereocenters. The van der Waals surface area contributed by atoms with E-state index in [0.29, 0.717) is 0 Å². The quantitative estimate of drug-likeness (QED) is 0.440. The Kier molecular flexibility index (Phi) is 4.32. The van der Waals surface area contributed by atoms with Crippen molar-refractivity contribution in [2.24, 2.45) is 5.41 Å². The van der Waals surface area contributed by atoms with Crippen molar-refractivity contribution in [2.45, 2.75) is 13.8 Å². The number of aliphatic hydroxyl groups is 1. The molecular weight excluding hydrogens is 126 g/mol. The van der Waals surface area contributed by atoms with Crippen LogP contribution in [0.4, 0.5) is 0 Å². The van der Waals surface area contributed by atoms with Crippen molar-refractivity contribution in [3.8, 4) is 0 Å². The second kappa shape index (κ2) is 4.47. The second-order valence-corrected chi connectivity index (χ2v) is 3.24. The SMILES string of the molecule is C=CCNCC(C)(C)CO. The van der Waals surface area contributed by atoms with E-state index in [1.54, 1.807) is 0 Å². The molecule has 2 N–H and O–H groups in total. The molecule has 0 saturated carbocycles. The molecule has 0 heterocycles. The second-order valence-electron chi connectivity index (χ2n) is 3.24. The lowest BCUT2D eigenvalue weighted by Gasteiger charge is -2.21. The first kappa shape index (κ1) is 9.66. The van der Waals surface area contributed by atoms with Gasteiger partial charge in [-0.25, -0.2) is 0 Å². The van der Waals surface area contributed by atoms with E-state index in [1.807, 2.05) is 19.9 Å². The summed E-state index contributed by atoms with van der Waals surface area (Å²) in [6, 6.07) is 0. The van der Waals surface area contributed by atoms with Crippen LogP contribution in [-0.4, -0.2) is 24.8 Å². The lowest BCUT2D eigenvalue weighted by Crippen LogP contribution is -2.32. The van der Waals surface area contributed by atoms with Gasteiger partial charge in [-0.3, -0.25) is 0 Å². The summed E-state index contributed by atoms with van der Waals surface area (Å²) < 4.78 is 0. The molecule has 10 heavy (non-hydrogen) atoms. The molecule has 0 aliphatic rings. The average molecular weight is 143 g/mol. The van der Waals surface area contributed by atoms with E-state index in [9.17, 15) is 0 Å². The van der Waals surface area contributed by atoms with Crippen molar-refractivity contribution in [3.63, 3.8) is 0 Å². The minimum atomic E-state index is -0.0109. The highest BCUT2D eigenvalue weighted by Gasteiger charge is 2.14. The number of rotatable bonds is 5. The van der Waals surface area contributed by atoms with Crippen LogP contribution in [0.15, 0.2) is 12.7 Å². The molecule has 60 valence electrons. The first-order chi connectivity index (χ1) is 4.62. The predicted octanol–water partition coefficient (Wildman–Crippen LogP) is 0.780. The van der Waals surface area contributed by atoms with Gasteiger partial charge in [0.25, 0.3) is 0 Å². The van der Waals surface area contributed by atoms with Crippen LogP contribution in [0.25, 0.3) is 0 Å². The maximum absolute atomic E-state index is 8.83. The summed E-state index contributed by atoms with van der Waals surface area (Å²) in [5.74, 6) is 0. The summed E-state index contributed by atoms with van der Waals surface area (Å²) in [7, 11) is 0. The van der Waals surface area contributed by atoms with Crippen LogP contribution in [0, 0.1) is 5.41 Å². The molecule has 0 rings (SSSR count). The summed E-state index contributed by atoms with van der Waals surface area (Å²) in [5.41, 5.74) is -0.0109. The molecule has 0 aromatic heterocycles.